The number of rotatable bonds is 7. The number of benzene rings is 2. The second-order valence-corrected chi connectivity index (χ2v) is 10.7. The standard InChI is InChI=1S/C28H33N5OS/c1-20(2)22-9-11-23(12-10-22)25-19-33-27(29-25)35-28(30-33)32-17-14-24(15-18-32)26(34)31(3)16-13-21-7-5-4-6-8-21/h4-12,19-20,24H,13-18H2,1-3H3. The van der Waals surface area contributed by atoms with Gasteiger partial charge in [-0.2, -0.15) is 0 Å². The fraction of sp³-hybridized carbons (Fsp3) is 0.393. The zero-order chi connectivity index (χ0) is 24.4. The summed E-state index contributed by atoms with van der Waals surface area (Å²) >= 11 is 1.62. The molecule has 1 aliphatic rings. The van der Waals surface area contributed by atoms with E-state index >= 15 is 0 Å². The van der Waals surface area contributed by atoms with Crippen LogP contribution in [0.5, 0.6) is 0 Å². The third-order valence-electron chi connectivity index (χ3n) is 6.98. The normalized spacial score (nSPS) is 14.7. The maximum Gasteiger partial charge on any atom is 0.225 e. The van der Waals surface area contributed by atoms with E-state index < -0.39 is 0 Å². The van der Waals surface area contributed by atoms with Gasteiger partial charge in [0.2, 0.25) is 16.0 Å². The first kappa shape index (κ1) is 23.5. The van der Waals surface area contributed by atoms with Crippen LogP contribution in [0.3, 0.4) is 0 Å². The van der Waals surface area contributed by atoms with E-state index in [2.05, 4.69) is 55.1 Å². The molecule has 6 nitrogen and oxygen atoms in total. The molecule has 7 heteroatoms. The number of hydrogen-bond donors (Lipinski definition) is 0. The average Bonchev–Trinajstić information content (AvgIpc) is 3.47. The Hall–Kier alpha value is -3.19. The van der Waals surface area contributed by atoms with Crippen molar-refractivity contribution in [2.75, 3.05) is 31.6 Å². The highest BCUT2D eigenvalue weighted by atomic mass is 32.1. The van der Waals surface area contributed by atoms with Gasteiger partial charge in [-0.25, -0.2) is 9.50 Å². The molecule has 0 bridgehead atoms. The molecule has 0 spiro atoms. The Kier molecular flexibility index (Phi) is 6.86. The molecule has 1 saturated heterocycles. The van der Waals surface area contributed by atoms with Crippen molar-refractivity contribution >= 4 is 27.3 Å². The Labute approximate surface area is 211 Å². The molecule has 182 valence electrons. The van der Waals surface area contributed by atoms with E-state index in [0.717, 1.165) is 60.2 Å². The van der Waals surface area contributed by atoms with Gasteiger partial charge in [-0.1, -0.05) is 79.8 Å². The Bertz CT molecular complexity index is 1240. The van der Waals surface area contributed by atoms with Crippen molar-refractivity contribution in [1.29, 1.82) is 0 Å². The molecule has 35 heavy (non-hydrogen) atoms. The predicted octanol–water partition coefficient (Wildman–Crippen LogP) is 5.50. The van der Waals surface area contributed by atoms with Crippen molar-refractivity contribution in [3.05, 3.63) is 71.9 Å². The highest BCUT2D eigenvalue weighted by molar-refractivity contribution is 7.20. The lowest BCUT2D eigenvalue weighted by Gasteiger charge is -2.32. The Morgan fingerprint density at radius 1 is 1.09 bits per heavy atom. The minimum Gasteiger partial charge on any atom is -0.347 e. The predicted molar refractivity (Wildman–Crippen MR) is 143 cm³/mol. The molecule has 0 saturated carbocycles. The summed E-state index contributed by atoms with van der Waals surface area (Å²) in [6.07, 6.45) is 4.64. The molecule has 1 amide bonds. The van der Waals surface area contributed by atoms with Crippen LogP contribution >= 0.6 is 11.3 Å². The van der Waals surface area contributed by atoms with Gasteiger partial charge >= 0.3 is 0 Å². The van der Waals surface area contributed by atoms with E-state index in [4.69, 9.17) is 10.1 Å². The zero-order valence-corrected chi connectivity index (χ0v) is 21.5. The highest BCUT2D eigenvalue weighted by Gasteiger charge is 2.28. The molecule has 2 aromatic carbocycles. The van der Waals surface area contributed by atoms with E-state index in [1.807, 2.05) is 40.9 Å². The minimum absolute atomic E-state index is 0.0940. The maximum atomic E-state index is 13.0. The van der Waals surface area contributed by atoms with Crippen LogP contribution in [0.25, 0.3) is 16.2 Å². The Morgan fingerprint density at radius 2 is 1.80 bits per heavy atom. The summed E-state index contributed by atoms with van der Waals surface area (Å²) in [6, 6.07) is 19.0. The van der Waals surface area contributed by atoms with E-state index in [0.29, 0.717) is 5.92 Å². The SMILES string of the molecule is CC(C)c1ccc(-c2cn3nc(N4CCC(C(=O)N(C)CCc5ccccc5)CC4)sc3n2)cc1. The average molecular weight is 488 g/mol. The van der Waals surface area contributed by atoms with Crippen LogP contribution in [0.4, 0.5) is 5.13 Å². The fourth-order valence-electron chi connectivity index (χ4n) is 4.68. The molecule has 2 aromatic heterocycles. The number of hydrogen-bond acceptors (Lipinski definition) is 5. The van der Waals surface area contributed by atoms with E-state index in [9.17, 15) is 4.79 Å². The third-order valence-corrected chi connectivity index (χ3v) is 7.96. The van der Waals surface area contributed by atoms with Crippen LogP contribution in [0.1, 0.15) is 43.7 Å². The molecule has 3 heterocycles. The first-order valence-electron chi connectivity index (χ1n) is 12.5. The lowest BCUT2D eigenvalue weighted by molar-refractivity contribution is -0.134. The van der Waals surface area contributed by atoms with Gasteiger partial charge in [0.1, 0.15) is 0 Å². The summed E-state index contributed by atoms with van der Waals surface area (Å²) in [5.41, 5.74) is 4.67. The molecule has 5 rings (SSSR count). The first-order chi connectivity index (χ1) is 17.0. The number of fused-ring (bicyclic) bond motifs is 1. The Morgan fingerprint density at radius 3 is 2.46 bits per heavy atom. The Balaban J connectivity index is 1.17. The van der Waals surface area contributed by atoms with Gasteiger partial charge in [0.05, 0.1) is 11.9 Å². The summed E-state index contributed by atoms with van der Waals surface area (Å²) in [7, 11) is 1.93. The molecule has 0 atom stereocenters. The van der Waals surface area contributed by atoms with E-state index in [-0.39, 0.29) is 11.8 Å². The fourth-order valence-corrected chi connectivity index (χ4v) is 5.61. The van der Waals surface area contributed by atoms with Gasteiger partial charge in [0.25, 0.3) is 0 Å². The topological polar surface area (TPSA) is 53.7 Å². The molecule has 4 aromatic rings. The van der Waals surface area contributed by atoms with Crippen molar-refractivity contribution in [3.63, 3.8) is 0 Å². The molecule has 1 fully saturated rings. The van der Waals surface area contributed by atoms with Gasteiger partial charge in [0.15, 0.2) is 0 Å². The second-order valence-electron chi connectivity index (χ2n) is 9.77. The monoisotopic (exact) mass is 487 g/mol. The lowest BCUT2D eigenvalue weighted by Crippen LogP contribution is -2.41. The largest absolute Gasteiger partial charge is 0.347 e. The molecule has 1 aliphatic heterocycles. The van der Waals surface area contributed by atoms with Crippen LogP contribution < -0.4 is 4.90 Å². The quantitative estimate of drug-likeness (QED) is 0.345. The highest BCUT2D eigenvalue weighted by Crippen LogP contribution is 2.30. The first-order valence-corrected chi connectivity index (χ1v) is 13.3. The van der Waals surface area contributed by atoms with Crippen LogP contribution in [-0.4, -0.2) is 52.1 Å². The maximum absolute atomic E-state index is 13.0. The molecule has 0 radical (unpaired) electrons. The van der Waals surface area contributed by atoms with Crippen molar-refractivity contribution in [2.24, 2.45) is 5.92 Å². The summed E-state index contributed by atoms with van der Waals surface area (Å²) in [4.78, 5) is 22.9. The molecule has 0 aliphatic carbocycles. The van der Waals surface area contributed by atoms with Crippen molar-refractivity contribution in [3.8, 4) is 11.3 Å². The summed E-state index contributed by atoms with van der Waals surface area (Å²) in [5.74, 6) is 0.882. The lowest BCUT2D eigenvalue weighted by atomic mass is 9.95. The minimum atomic E-state index is 0.0940. The molecular formula is C28H33N5OS. The number of amides is 1. The number of aromatic nitrogens is 3. The number of imidazole rings is 1. The van der Waals surface area contributed by atoms with Crippen molar-refractivity contribution in [1.82, 2.24) is 19.5 Å². The smallest absolute Gasteiger partial charge is 0.225 e. The molecule has 0 N–H and O–H groups in total. The van der Waals surface area contributed by atoms with Gasteiger partial charge < -0.3 is 9.80 Å². The summed E-state index contributed by atoms with van der Waals surface area (Å²) in [6.45, 7) is 6.87. The second kappa shape index (κ2) is 10.2. The van der Waals surface area contributed by atoms with Crippen LogP contribution in [0, 0.1) is 5.92 Å². The van der Waals surface area contributed by atoms with Gasteiger partial charge in [-0.3, -0.25) is 4.79 Å². The number of likely N-dealkylation sites (N-methyl/N-ethyl adjacent to an activating group) is 1. The number of carbonyl (C=O) groups excluding carboxylic acids is 1. The van der Waals surface area contributed by atoms with Crippen LogP contribution in [-0.2, 0) is 11.2 Å². The van der Waals surface area contributed by atoms with Crippen LogP contribution in [0.15, 0.2) is 60.8 Å². The third kappa shape index (κ3) is 5.25. The number of nitrogens with zero attached hydrogens (tertiary/aromatic N) is 5. The number of anilines is 1. The van der Waals surface area contributed by atoms with E-state index in [1.54, 1.807) is 11.3 Å². The molecule has 0 unspecified atom stereocenters. The number of carbonyl (C=O) groups is 1. The summed E-state index contributed by atoms with van der Waals surface area (Å²) < 4.78 is 1.89. The van der Waals surface area contributed by atoms with Gasteiger partial charge in [-0.05, 0) is 36.3 Å². The zero-order valence-electron chi connectivity index (χ0n) is 20.7. The number of piperidine rings is 1. The summed E-state index contributed by atoms with van der Waals surface area (Å²) in [5, 5.41) is 5.78. The van der Waals surface area contributed by atoms with Crippen LogP contribution in [0.2, 0.25) is 0 Å². The van der Waals surface area contributed by atoms with Crippen molar-refractivity contribution in [2.45, 2.75) is 39.0 Å². The van der Waals surface area contributed by atoms with E-state index in [1.165, 1.54) is 11.1 Å². The van der Waals surface area contributed by atoms with Crippen molar-refractivity contribution < 1.29 is 4.79 Å². The van der Waals surface area contributed by atoms with Gasteiger partial charge in [0, 0.05) is 38.2 Å². The van der Waals surface area contributed by atoms with Gasteiger partial charge in [-0.15, -0.1) is 5.10 Å². The molecular weight excluding hydrogens is 454 g/mol.